The molecule has 7 heteroatoms. The molecular formula is C16H20Cl2N2O2S. The average Bonchev–Trinajstić information content (AvgIpc) is 2.49. The van der Waals surface area contributed by atoms with Gasteiger partial charge in [0.25, 0.3) is 0 Å². The third kappa shape index (κ3) is 3.73. The number of halogens is 2. The van der Waals surface area contributed by atoms with Gasteiger partial charge in [-0.25, -0.2) is 0 Å². The maximum atomic E-state index is 12.4. The zero-order valence-electron chi connectivity index (χ0n) is 12.7. The highest BCUT2D eigenvalue weighted by molar-refractivity contribution is 7.85. The van der Waals surface area contributed by atoms with Crippen LogP contribution in [0.1, 0.15) is 32.1 Å². The largest absolute Gasteiger partial charge is 0.349 e. The number of hydrogen-bond donors (Lipinski definition) is 2. The molecule has 2 fully saturated rings. The summed E-state index contributed by atoms with van der Waals surface area (Å²) in [4.78, 5) is 12.2. The van der Waals surface area contributed by atoms with Crippen LogP contribution >= 0.6 is 23.2 Å². The molecule has 0 bridgehead atoms. The second-order valence-electron chi connectivity index (χ2n) is 6.23. The van der Waals surface area contributed by atoms with Crippen molar-refractivity contribution in [3.05, 3.63) is 28.2 Å². The van der Waals surface area contributed by atoms with Crippen molar-refractivity contribution < 1.29 is 9.00 Å². The lowest BCUT2D eigenvalue weighted by molar-refractivity contribution is -0.128. The van der Waals surface area contributed by atoms with E-state index in [1.54, 1.807) is 18.2 Å². The van der Waals surface area contributed by atoms with E-state index < -0.39 is 10.8 Å². The normalized spacial score (nSPS) is 24.1. The van der Waals surface area contributed by atoms with Gasteiger partial charge in [0.2, 0.25) is 5.91 Å². The summed E-state index contributed by atoms with van der Waals surface area (Å²) in [7, 11) is -1.19. The first-order chi connectivity index (χ1) is 11.0. The number of amides is 1. The third-order valence-electron chi connectivity index (χ3n) is 4.78. The van der Waals surface area contributed by atoms with Gasteiger partial charge in [-0.1, -0.05) is 23.2 Å². The summed E-state index contributed by atoms with van der Waals surface area (Å²) in [5.74, 6) is 0.623. The van der Waals surface area contributed by atoms with Crippen LogP contribution in [0.2, 0.25) is 10.0 Å². The van der Waals surface area contributed by atoms with Crippen molar-refractivity contribution in [1.82, 2.24) is 10.6 Å². The Balaban J connectivity index is 1.55. The third-order valence-corrected chi connectivity index (χ3v) is 6.86. The molecule has 4 nitrogen and oxygen atoms in total. The molecule has 126 valence electrons. The molecule has 2 aliphatic rings. The maximum absolute atomic E-state index is 12.4. The molecule has 1 amide bonds. The zero-order chi connectivity index (χ0) is 16.4. The Hall–Kier alpha value is -0.620. The second kappa shape index (κ2) is 7.09. The minimum Gasteiger partial charge on any atom is -0.349 e. The molecule has 1 aromatic carbocycles. The Labute approximate surface area is 148 Å². The summed E-state index contributed by atoms with van der Waals surface area (Å²) >= 11 is 12.0. The Kier molecular flexibility index (Phi) is 5.31. The van der Waals surface area contributed by atoms with Crippen LogP contribution in [0.25, 0.3) is 0 Å². The molecule has 3 rings (SSSR count). The SMILES string of the molecule is O=C1CCC(NCCS(=O)c2cc(Cl)ccc2Cl)C2(CCC2)N1. The number of benzene rings is 1. The van der Waals surface area contributed by atoms with E-state index >= 15 is 0 Å². The summed E-state index contributed by atoms with van der Waals surface area (Å²) in [5.41, 5.74) is -0.0788. The fourth-order valence-corrected chi connectivity index (χ4v) is 5.07. The van der Waals surface area contributed by atoms with Crippen molar-refractivity contribution in [2.75, 3.05) is 12.3 Å². The second-order valence-corrected chi connectivity index (χ2v) is 8.61. The first-order valence-corrected chi connectivity index (χ1v) is 9.95. The lowest BCUT2D eigenvalue weighted by atomic mass is 9.68. The Bertz CT molecular complexity index is 635. The van der Waals surface area contributed by atoms with Crippen molar-refractivity contribution in [2.45, 2.75) is 48.6 Å². The Morgan fingerprint density at radius 2 is 2.13 bits per heavy atom. The van der Waals surface area contributed by atoms with Crippen LogP contribution in [0.15, 0.2) is 23.1 Å². The van der Waals surface area contributed by atoms with Crippen LogP contribution in [0.5, 0.6) is 0 Å². The number of rotatable bonds is 5. The number of hydrogen-bond acceptors (Lipinski definition) is 3. The van der Waals surface area contributed by atoms with Crippen LogP contribution < -0.4 is 10.6 Å². The standard InChI is InChI=1S/C16H20Cl2N2O2S/c17-11-2-3-12(18)13(10-11)23(22)9-8-19-14-4-5-15(21)20-16(14)6-1-7-16/h2-3,10,14,19H,1,4-9H2,(H,20,21). The quantitative estimate of drug-likeness (QED) is 0.832. The molecule has 1 aromatic rings. The highest BCUT2D eigenvalue weighted by Crippen LogP contribution is 2.38. The fraction of sp³-hybridized carbons (Fsp3) is 0.562. The number of nitrogens with one attached hydrogen (secondary N) is 2. The highest BCUT2D eigenvalue weighted by atomic mass is 35.5. The van der Waals surface area contributed by atoms with Gasteiger partial charge in [0.05, 0.1) is 26.3 Å². The van der Waals surface area contributed by atoms with Crippen LogP contribution in [0, 0.1) is 0 Å². The van der Waals surface area contributed by atoms with Gasteiger partial charge in [-0.3, -0.25) is 9.00 Å². The van der Waals surface area contributed by atoms with Crippen LogP contribution in [-0.4, -0.2) is 34.0 Å². The van der Waals surface area contributed by atoms with Crippen molar-refractivity contribution in [1.29, 1.82) is 0 Å². The minimum absolute atomic E-state index is 0.0788. The van der Waals surface area contributed by atoms with E-state index in [0.717, 1.165) is 25.7 Å². The molecule has 1 saturated heterocycles. The van der Waals surface area contributed by atoms with E-state index in [1.807, 2.05) is 0 Å². The van der Waals surface area contributed by atoms with E-state index in [-0.39, 0.29) is 17.5 Å². The molecule has 2 atom stereocenters. The molecule has 2 unspecified atom stereocenters. The Morgan fingerprint density at radius 1 is 1.35 bits per heavy atom. The highest BCUT2D eigenvalue weighted by Gasteiger charge is 2.47. The van der Waals surface area contributed by atoms with Gasteiger partial charge in [-0.2, -0.15) is 0 Å². The molecule has 0 radical (unpaired) electrons. The first-order valence-electron chi connectivity index (χ1n) is 7.88. The molecule has 1 aliphatic carbocycles. The summed E-state index contributed by atoms with van der Waals surface area (Å²) in [6, 6.07) is 5.29. The molecule has 1 aliphatic heterocycles. The number of piperidine rings is 1. The van der Waals surface area contributed by atoms with Gasteiger partial charge >= 0.3 is 0 Å². The van der Waals surface area contributed by atoms with E-state index in [1.165, 1.54) is 0 Å². The number of carbonyl (C=O) groups excluding carboxylic acids is 1. The molecule has 1 saturated carbocycles. The molecule has 1 heterocycles. The summed E-state index contributed by atoms with van der Waals surface area (Å²) in [5, 5.41) is 7.65. The minimum atomic E-state index is -1.19. The summed E-state index contributed by atoms with van der Waals surface area (Å²) in [6.07, 6.45) is 4.61. The topological polar surface area (TPSA) is 58.2 Å². The van der Waals surface area contributed by atoms with Gasteiger partial charge < -0.3 is 10.6 Å². The zero-order valence-corrected chi connectivity index (χ0v) is 15.1. The Morgan fingerprint density at radius 3 is 2.83 bits per heavy atom. The van der Waals surface area contributed by atoms with Crippen LogP contribution in [0.4, 0.5) is 0 Å². The summed E-state index contributed by atoms with van der Waals surface area (Å²) < 4.78 is 12.4. The van der Waals surface area contributed by atoms with E-state index in [9.17, 15) is 9.00 Å². The first kappa shape index (κ1) is 17.2. The van der Waals surface area contributed by atoms with Gasteiger partial charge in [-0.05, 0) is 43.9 Å². The molecular weight excluding hydrogens is 355 g/mol. The smallest absolute Gasteiger partial charge is 0.220 e. The van der Waals surface area contributed by atoms with Crippen molar-refractivity contribution in [3.63, 3.8) is 0 Å². The van der Waals surface area contributed by atoms with E-state index in [2.05, 4.69) is 10.6 Å². The van der Waals surface area contributed by atoms with Crippen molar-refractivity contribution in [2.24, 2.45) is 0 Å². The predicted molar refractivity (Wildman–Crippen MR) is 93.5 cm³/mol. The van der Waals surface area contributed by atoms with Gasteiger partial charge in [0.1, 0.15) is 0 Å². The lowest BCUT2D eigenvalue weighted by Crippen LogP contribution is -2.68. The van der Waals surface area contributed by atoms with E-state index in [0.29, 0.717) is 33.7 Å². The van der Waals surface area contributed by atoms with Crippen molar-refractivity contribution >= 4 is 39.9 Å². The van der Waals surface area contributed by atoms with Crippen molar-refractivity contribution in [3.8, 4) is 0 Å². The van der Waals surface area contributed by atoms with Gasteiger partial charge in [0.15, 0.2) is 0 Å². The fourth-order valence-electron chi connectivity index (χ4n) is 3.40. The van der Waals surface area contributed by atoms with E-state index in [4.69, 9.17) is 23.2 Å². The average molecular weight is 375 g/mol. The van der Waals surface area contributed by atoms with Gasteiger partial charge in [-0.15, -0.1) is 0 Å². The number of carbonyl (C=O) groups is 1. The van der Waals surface area contributed by atoms with Crippen LogP contribution in [0.3, 0.4) is 0 Å². The lowest BCUT2D eigenvalue weighted by Gasteiger charge is -2.51. The van der Waals surface area contributed by atoms with Crippen LogP contribution in [-0.2, 0) is 15.6 Å². The monoisotopic (exact) mass is 374 g/mol. The predicted octanol–water partition coefficient (Wildman–Crippen LogP) is 2.89. The molecule has 2 N–H and O–H groups in total. The van der Waals surface area contributed by atoms with Gasteiger partial charge in [0, 0.05) is 29.8 Å². The maximum Gasteiger partial charge on any atom is 0.220 e. The molecule has 23 heavy (non-hydrogen) atoms. The molecule has 0 aromatic heterocycles. The molecule has 1 spiro atoms. The summed E-state index contributed by atoms with van der Waals surface area (Å²) in [6.45, 7) is 0.623.